The summed E-state index contributed by atoms with van der Waals surface area (Å²) >= 11 is 0. The van der Waals surface area contributed by atoms with Crippen LogP contribution in [0, 0.1) is 17.2 Å². The Bertz CT molecular complexity index is 202. The van der Waals surface area contributed by atoms with Crippen LogP contribution in [0.1, 0.15) is 19.3 Å². The Morgan fingerprint density at radius 1 is 1.57 bits per heavy atom. The van der Waals surface area contributed by atoms with Gasteiger partial charge in [0.15, 0.2) is 0 Å². The van der Waals surface area contributed by atoms with Gasteiger partial charge in [-0.15, -0.1) is 0 Å². The predicted molar refractivity (Wildman–Crippen MR) is 54.5 cm³/mol. The molecule has 1 rings (SSSR count). The first-order chi connectivity index (χ1) is 6.77. The second kappa shape index (κ2) is 5.97. The average molecular weight is 197 g/mol. The van der Waals surface area contributed by atoms with Gasteiger partial charge in [-0.05, 0) is 38.4 Å². The van der Waals surface area contributed by atoms with E-state index in [0.29, 0.717) is 19.5 Å². The van der Waals surface area contributed by atoms with Crippen molar-refractivity contribution in [1.82, 2.24) is 4.90 Å². The van der Waals surface area contributed by atoms with E-state index in [0.717, 1.165) is 25.9 Å². The third kappa shape index (κ3) is 3.26. The fraction of sp³-hybridized carbons (Fsp3) is 0.900. The smallest absolute Gasteiger partial charge is 0.0707 e. The Balaban J connectivity index is 2.22. The summed E-state index contributed by atoms with van der Waals surface area (Å²) in [4.78, 5) is 2.22. The molecule has 0 unspecified atom stereocenters. The molecule has 0 aromatic carbocycles. The van der Waals surface area contributed by atoms with Gasteiger partial charge in [0.2, 0.25) is 0 Å². The number of unbranched alkanes of at least 4 members (excludes halogenated alkanes) is 1. The molecule has 80 valence electrons. The van der Waals surface area contributed by atoms with Gasteiger partial charge in [-0.25, -0.2) is 0 Å². The van der Waals surface area contributed by atoms with Gasteiger partial charge in [-0.2, -0.15) is 5.26 Å². The van der Waals surface area contributed by atoms with Crippen LogP contribution in [-0.4, -0.2) is 42.3 Å². The zero-order valence-corrected chi connectivity index (χ0v) is 8.52. The summed E-state index contributed by atoms with van der Waals surface area (Å²) in [6.45, 7) is 3.22. The third-order valence-corrected chi connectivity index (χ3v) is 2.87. The summed E-state index contributed by atoms with van der Waals surface area (Å²) in [5, 5.41) is 18.1. The van der Waals surface area contributed by atoms with E-state index in [-0.39, 0.29) is 12.0 Å². The van der Waals surface area contributed by atoms with E-state index in [4.69, 9.17) is 11.0 Å². The maximum atomic E-state index is 9.71. The molecule has 1 saturated heterocycles. The summed E-state index contributed by atoms with van der Waals surface area (Å²) in [5.74, 6) is 0.266. The molecule has 0 radical (unpaired) electrons. The van der Waals surface area contributed by atoms with Crippen LogP contribution in [0.3, 0.4) is 0 Å². The van der Waals surface area contributed by atoms with Crippen molar-refractivity contribution in [3.05, 3.63) is 0 Å². The lowest BCUT2D eigenvalue weighted by atomic mass is 9.94. The SMILES string of the molecule is N#CCCCN1CC[C@@H](CN)[C@H](O)C1. The predicted octanol–water partition coefficient (Wildman–Crippen LogP) is -0.0683. The summed E-state index contributed by atoms with van der Waals surface area (Å²) in [6, 6.07) is 2.13. The zero-order valence-electron chi connectivity index (χ0n) is 8.52. The molecule has 2 atom stereocenters. The van der Waals surface area contributed by atoms with E-state index in [1.807, 2.05) is 0 Å². The molecule has 0 aromatic heterocycles. The van der Waals surface area contributed by atoms with E-state index in [2.05, 4.69) is 11.0 Å². The molecule has 14 heavy (non-hydrogen) atoms. The van der Waals surface area contributed by atoms with Crippen LogP contribution in [0.5, 0.6) is 0 Å². The van der Waals surface area contributed by atoms with Gasteiger partial charge in [0.05, 0.1) is 12.2 Å². The quantitative estimate of drug-likeness (QED) is 0.619. The van der Waals surface area contributed by atoms with Crippen molar-refractivity contribution in [3.63, 3.8) is 0 Å². The molecule has 0 aromatic rings. The Morgan fingerprint density at radius 3 is 2.93 bits per heavy atom. The second-order valence-corrected chi connectivity index (χ2v) is 3.91. The van der Waals surface area contributed by atoms with Crippen LogP contribution in [0.25, 0.3) is 0 Å². The lowest BCUT2D eigenvalue weighted by Gasteiger charge is -2.35. The van der Waals surface area contributed by atoms with Gasteiger partial charge >= 0.3 is 0 Å². The molecule has 0 aliphatic carbocycles. The molecule has 1 heterocycles. The summed E-state index contributed by atoms with van der Waals surface area (Å²) < 4.78 is 0. The topological polar surface area (TPSA) is 73.3 Å². The highest BCUT2D eigenvalue weighted by atomic mass is 16.3. The van der Waals surface area contributed by atoms with Gasteiger partial charge in [-0.3, -0.25) is 0 Å². The molecule has 1 aliphatic rings. The van der Waals surface area contributed by atoms with Gasteiger partial charge in [0.1, 0.15) is 0 Å². The standard InChI is InChI=1S/C10H19N3O/c11-4-1-2-5-13-6-3-9(7-12)10(14)8-13/h9-10,14H,1-3,5-8,12H2/t9-,10+/m0/s1. The third-order valence-electron chi connectivity index (χ3n) is 2.87. The Morgan fingerprint density at radius 2 is 2.36 bits per heavy atom. The van der Waals surface area contributed by atoms with Crippen molar-refractivity contribution < 1.29 is 5.11 Å². The molecule has 3 N–H and O–H groups in total. The number of nitrogens with two attached hydrogens (primary N) is 1. The van der Waals surface area contributed by atoms with Gasteiger partial charge in [-0.1, -0.05) is 0 Å². The minimum absolute atomic E-state index is 0.266. The van der Waals surface area contributed by atoms with Crippen molar-refractivity contribution in [2.75, 3.05) is 26.2 Å². The number of nitriles is 1. The number of likely N-dealkylation sites (tertiary alicyclic amines) is 1. The van der Waals surface area contributed by atoms with Crippen LogP contribution in [-0.2, 0) is 0 Å². The Kier molecular flexibility index (Phi) is 4.88. The highest BCUT2D eigenvalue weighted by Crippen LogP contribution is 2.16. The fourth-order valence-electron chi connectivity index (χ4n) is 1.91. The number of nitrogens with zero attached hydrogens (tertiary/aromatic N) is 2. The van der Waals surface area contributed by atoms with E-state index < -0.39 is 0 Å². The maximum absolute atomic E-state index is 9.71. The average Bonchev–Trinajstić information content (AvgIpc) is 2.18. The second-order valence-electron chi connectivity index (χ2n) is 3.91. The largest absolute Gasteiger partial charge is 0.391 e. The minimum Gasteiger partial charge on any atom is -0.391 e. The summed E-state index contributed by atoms with van der Waals surface area (Å²) in [6.07, 6.45) is 2.20. The van der Waals surface area contributed by atoms with Gasteiger partial charge in [0, 0.05) is 13.0 Å². The van der Waals surface area contributed by atoms with Crippen LogP contribution < -0.4 is 5.73 Å². The fourth-order valence-corrected chi connectivity index (χ4v) is 1.91. The van der Waals surface area contributed by atoms with Crippen LogP contribution in [0.2, 0.25) is 0 Å². The molecule has 1 fully saturated rings. The summed E-state index contributed by atoms with van der Waals surface area (Å²) in [5.41, 5.74) is 5.54. The lowest BCUT2D eigenvalue weighted by Crippen LogP contribution is -2.46. The van der Waals surface area contributed by atoms with Crippen molar-refractivity contribution in [2.24, 2.45) is 11.7 Å². The van der Waals surface area contributed by atoms with Crippen LogP contribution >= 0.6 is 0 Å². The monoisotopic (exact) mass is 197 g/mol. The number of β-amino-alcohol motifs (C(OH)–C–C–N with tert-alkyl or cyclic N) is 1. The van der Waals surface area contributed by atoms with Crippen LogP contribution in [0.15, 0.2) is 0 Å². The van der Waals surface area contributed by atoms with E-state index in [1.165, 1.54) is 0 Å². The minimum atomic E-state index is -0.282. The van der Waals surface area contributed by atoms with Crippen LogP contribution in [0.4, 0.5) is 0 Å². The van der Waals surface area contributed by atoms with Gasteiger partial charge in [0.25, 0.3) is 0 Å². The Hall–Kier alpha value is -0.630. The first kappa shape index (κ1) is 11.4. The number of aliphatic hydroxyl groups excluding tert-OH is 1. The molecule has 1 aliphatic heterocycles. The number of hydrogen-bond donors (Lipinski definition) is 2. The molecular weight excluding hydrogens is 178 g/mol. The maximum Gasteiger partial charge on any atom is 0.0707 e. The molecule has 0 saturated carbocycles. The van der Waals surface area contributed by atoms with E-state index >= 15 is 0 Å². The van der Waals surface area contributed by atoms with Crippen molar-refractivity contribution in [1.29, 1.82) is 5.26 Å². The van der Waals surface area contributed by atoms with Gasteiger partial charge < -0.3 is 15.7 Å². The zero-order chi connectivity index (χ0) is 10.4. The molecule has 0 bridgehead atoms. The van der Waals surface area contributed by atoms with Crippen molar-refractivity contribution >= 4 is 0 Å². The number of aliphatic hydroxyl groups is 1. The summed E-state index contributed by atoms with van der Waals surface area (Å²) in [7, 11) is 0. The van der Waals surface area contributed by atoms with E-state index in [1.54, 1.807) is 0 Å². The van der Waals surface area contributed by atoms with E-state index in [9.17, 15) is 5.11 Å². The normalized spacial score (nSPS) is 28.6. The van der Waals surface area contributed by atoms with Crippen molar-refractivity contribution in [2.45, 2.75) is 25.4 Å². The molecule has 4 nitrogen and oxygen atoms in total. The first-order valence-electron chi connectivity index (χ1n) is 5.25. The number of rotatable bonds is 4. The highest BCUT2D eigenvalue weighted by Gasteiger charge is 2.25. The van der Waals surface area contributed by atoms with Crippen molar-refractivity contribution in [3.8, 4) is 6.07 Å². The lowest BCUT2D eigenvalue weighted by molar-refractivity contribution is 0.0252. The Labute approximate surface area is 85.3 Å². The molecule has 0 spiro atoms. The molecule has 4 heteroatoms. The first-order valence-corrected chi connectivity index (χ1v) is 5.25. The molecular formula is C10H19N3O. The number of piperidine rings is 1. The highest BCUT2D eigenvalue weighted by molar-refractivity contribution is 4.81. The number of hydrogen-bond acceptors (Lipinski definition) is 4. The molecule has 0 amide bonds.